The first kappa shape index (κ1) is 7.14. The van der Waals surface area contributed by atoms with Crippen molar-refractivity contribution in [3.63, 3.8) is 0 Å². The van der Waals surface area contributed by atoms with E-state index in [4.69, 9.17) is 0 Å². The van der Waals surface area contributed by atoms with Crippen LogP contribution in [-0.2, 0) is 0 Å². The molecule has 0 amide bonds. The number of hydrogen-bond acceptors (Lipinski definition) is 3. The summed E-state index contributed by atoms with van der Waals surface area (Å²) in [5.41, 5.74) is 0. The second-order valence-corrected chi connectivity index (χ2v) is 3.87. The van der Waals surface area contributed by atoms with E-state index in [9.17, 15) is 10.1 Å². The zero-order valence-electron chi connectivity index (χ0n) is 5.65. The maximum Gasteiger partial charge on any atom is 0.298 e. The van der Waals surface area contributed by atoms with Crippen molar-refractivity contribution in [2.75, 3.05) is 0 Å². The van der Waals surface area contributed by atoms with Crippen LogP contribution in [0.3, 0.4) is 0 Å². The Kier molecular flexibility index (Phi) is 1.67. The largest absolute Gasteiger partial charge is 0.298 e. The summed E-state index contributed by atoms with van der Waals surface area (Å²) >= 11 is 0. The van der Waals surface area contributed by atoms with Gasteiger partial charge in [-0.15, -0.1) is 0 Å². The highest BCUT2D eigenvalue weighted by atomic mass is 28.2. The summed E-state index contributed by atoms with van der Waals surface area (Å²) in [7, 11) is -0.748. The van der Waals surface area contributed by atoms with E-state index in [0.717, 1.165) is 0 Å². The molecule has 1 aliphatic rings. The zero-order chi connectivity index (χ0) is 7.61. The number of rotatable bonds is 2. The molecule has 5 heteroatoms. The molecule has 0 N–H and O–H groups in total. The summed E-state index contributed by atoms with van der Waals surface area (Å²) in [6, 6.07) is 0. The highest BCUT2D eigenvalue weighted by Gasteiger charge is 2.37. The Morgan fingerprint density at radius 1 is 1.80 bits per heavy atom. The first-order valence-corrected chi connectivity index (χ1v) is 5.21. The van der Waals surface area contributed by atoms with E-state index in [0.29, 0.717) is 0 Å². The van der Waals surface area contributed by atoms with Gasteiger partial charge in [0, 0.05) is 17.2 Å². The molecule has 0 aromatic rings. The topological polar surface area (TPSA) is 55.5 Å². The summed E-state index contributed by atoms with van der Waals surface area (Å²) in [5.74, 6) is 0. The lowest BCUT2D eigenvalue weighted by atomic mass is 10.5. The van der Waals surface area contributed by atoms with Crippen LogP contribution in [0.25, 0.3) is 0 Å². The van der Waals surface area contributed by atoms with Crippen molar-refractivity contribution in [3.05, 3.63) is 22.3 Å². The van der Waals surface area contributed by atoms with Gasteiger partial charge in [0.1, 0.15) is 9.52 Å². The Hall–Kier alpha value is -0.973. The molecule has 0 radical (unpaired) electrons. The summed E-state index contributed by atoms with van der Waals surface area (Å²) in [6.45, 7) is 1.88. The van der Waals surface area contributed by atoms with E-state index in [1.807, 2.05) is 6.55 Å². The second kappa shape index (κ2) is 2.34. The van der Waals surface area contributed by atoms with Crippen molar-refractivity contribution in [3.8, 4) is 0 Å². The SMILES string of the molecule is C[SiH2]C1([N+](=O)[O-])C=CC=N1. The number of nitro groups is 1. The quantitative estimate of drug-likeness (QED) is 0.315. The van der Waals surface area contributed by atoms with Gasteiger partial charge in [0.25, 0.3) is 5.29 Å². The third-order valence-corrected chi connectivity index (χ3v) is 3.30. The molecule has 1 aliphatic heterocycles. The van der Waals surface area contributed by atoms with Crippen LogP contribution >= 0.6 is 0 Å². The molecule has 0 aromatic carbocycles. The summed E-state index contributed by atoms with van der Waals surface area (Å²) in [6.07, 6.45) is 4.71. The predicted octanol–water partition coefficient (Wildman–Crippen LogP) is -0.226. The molecule has 0 saturated heterocycles. The molecule has 0 aliphatic carbocycles. The van der Waals surface area contributed by atoms with Gasteiger partial charge in [0.2, 0.25) is 0 Å². The van der Waals surface area contributed by atoms with Crippen LogP contribution in [0.1, 0.15) is 0 Å². The molecule has 4 nitrogen and oxygen atoms in total. The number of nitrogens with zero attached hydrogens (tertiary/aromatic N) is 2. The van der Waals surface area contributed by atoms with Gasteiger partial charge < -0.3 is 0 Å². The molecule has 1 unspecified atom stereocenters. The molecule has 0 bridgehead atoms. The molecule has 0 fully saturated rings. The zero-order valence-corrected chi connectivity index (χ0v) is 7.06. The number of aliphatic imine (C=N–C) groups is 1. The van der Waals surface area contributed by atoms with Gasteiger partial charge in [0.15, 0.2) is 0 Å². The summed E-state index contributed by atoms with van der Waals surface area (Å²) < 4.78 is 0. The molecule has 0 spiro atoms. The summed E-state index contributed by atoms with van der Waals surface area (Å²) in [4.78, 5) is 13.9. The monoisotopic (exact) mass is 156 g/mol. The van der Waals surface area contributed by atoms with Gasteiger partial charge in [-0.3, -0.25) is 10.1 Å². The summed E-state index contributed by atoms with van der Waals surface area (Å²) in [5, 5.41) is 9.42. The molecule has 0 saturated carbocycles. The van der Waals surface area contributed by atoms with E-state index >= 15 is 0 Å². The van der Waals surface area contributed by atoms with Gasteiger partial charge in [-0.25, -0.2) is 4.99 Å². The Bertz CT molecular complexity index is 200. The van der Waals surface area contributed by atoms with Crippen molar-refractivity contribution >= 4 is 15.7 Å². The minimum Gasteiger partial charge on any atom is -0.262 e. The van der Waals surface area contributed by atoms with Gasteiger partial charge in [-0.1, -0.05) is 6.55 Å². The molecular formula is C5H8N2O2Si. The Labute approximate surface area is 60.6 Å². The normalized spacial score (nSPS) is 30.5. The average Bonchev–Trinajstić information content (AvgIpc) is 2.35. The fourth-order valence-electron chi connectivity index (χ4n) is 0.859. The maximum atomic E-state index is 10.4. The molecule has 0 aromatic heterocycles. The lowest BCUT2D eigenvalue weighted by molar-refractivity contribution is -0.526. The third-order valence-electron chi connectivity index (χ3n) is 1.58. The second-order valence-electron chi connectivity index (χ2n) is 2.13. The maximum absolute atomic E-state index is 10.4. The Morgan fingerprint density at radius 2 is 2.50 bits per heavy atom. The fourth-order valence-corrected chi connectivity index (χ4v) is 1.78. The van der Waals surface area contributed by atoms with Crippen molar-refractivity contribution in [1.29, 1.82) is 0 Å². The third kappa shape index (κ3) is 0.880. The van der Waals surface area contributed by atoms with E-state index < -0.39 is 14.8 Å². The van der Waals surface area contributed by atoms with Crippen LogP contribution in [0.4, 0.5) is 0 Å². The average molecular weight is 156 g/mol. The van der Waals surface area contributed by atoms with Crippen LogP contribution in [0.2, 0.25) is 6.55 Å². The van der Waals surface area contributed by atoms with Gasteiger partial charge in [0.05, 0.1) is 0 Å². The van der Waals surface area contributed by atoms with Gasteiger partial charge in [-0.05, 0) is 6.08 Å². The first-order valence-electron chi connectivity index (χ1n) is 3.09. The number of allylic oxidation sites excluding steroid dienone is 1. The van der Waals surface area contributed by atoms with Crippen molar-refractivity contribution < 1.29 is 4.92 Å². The highest BCUT2D eigenvalue weighted by Crippen LogP contribution is 2.15. The van der Waals surface area contributed by atoms with E-state index in [1.54, 1.807) is 12.2 Å². The van der Waals surface area contributed by atoms with Crippen molar-refractivity contribution in [1.82, 2.24) is 0 Å². The van der Waals surface area contributed by atoms with Crippen LogP contribution in [0.5, 0.6) is 0 Å². The van der Waals surface area contributed by atoms with Gasteiger partial charge >= 0.3 is 0 Å². The van der Waals surface area contributed by atoms with Gasteiger partial charge in [-0.2, -0.15) is 0 Å². The highest BCUT2D eigenvalue weighted by molar-refractivity contribution is 6.39. The molecule has 10 heavy (non-hydrogen) atoms. The van der Waals surface area contributed by atoms with Crippen molar-refractivity contribution in [2.24, 2.45) is 4.99 Å². The minimum absolute atomic E-state index is 0.306. The van der Waals surface area contributed by atoms with E-state index in [-0.39, 0.29) is 4.92 Å². The molecule has 1 heterocycles. The molecule has 1 atom stereocenters. The lowest BCUT2D eigenvalue weighted by Crippen LogP contribution is -2.37. The van der Waals surface area contributed by atoms with Crippen LogP contribution in [0.15, 0.2) is 17.1 Å². The smallest absolute Gasteiger partial charge is 0.262 e. The van der Waals surface area contributed by atoms with Crippen LogP contribution in [-0.4, -0.2) is 25.9 Å². The predicted molar refractivity (Wildman–Crippen MR) is 41.8 cm³/mol. The molecule has 54 valence electrons. The Balaban J connectivity index is 2.90. The number of hydrogen-bond donors (Lipinski definition) is 0. The molecular weight excluding hydrogens is 148 g/mol. The van der Waals surface area contributed by atoms with E-state index in [1.165, 1.54) is 6.21 Å². The minimum atomic E-state index is -1.01. The van der Waals surface area contributed by atoms with Crippen LogP contribution < -0.4 is 0 Å². The lowest BCUT2D eigenvalue weighted by Gasteiger charge is -2.10. The van der Waals surface area contributed by atoms with Crippen LogP contribution in [0, 0.1) is 10.1 Å². The van der Waals surface area contributed by atoms with Crippen molar-refractivity contribution in [2.45, 2.75) is 11.8 Å². The molecule has 1 rings (SSSR count). The Morgan fingerprint density at radius 3 is 2.70 bits per heavy atom. The standard InChI is InChI=1S/C5H8N2O2Si/c1-10-5(7(8)9)3-2-4-6-5/h2-4H,10H2,1H3. The van der Waals surface area contributed by atoms with E-state index in [2.05, 4.69) is 4.99 Å². The fraction of sp³-hybridized carbons (Fsp3) is 0.400. The first-order chi connectivity index (χ1) is 4.71.